The number of esters is 1. The lowest BCUT2D eigenvalue weighted by Crippen LogP contribution is -2.36. The van der Waals surface area contributed by atoms with E-state index >= 15 is 0 Å². The summed E-state index contributed by atoms with van der Waals surface area (Å²) >= 11 is 0. The summed E-state index contributed by atoms with van der Waals surface area (Å²) in [5, 5.41) is 5.41. The molecule has 2 N–H and O–H groups in total. The fourth-order valence-electron chi connectivity index (χ4n) is 3.46. The van der Waals surface area contributed by atoms with Crippen molar-refractivity contribution in [2.24, 2.45) is 0 Å². The Labute approximate surface area is 198 Å². The highest BCUT2D eigenvalue weighted by Gasteiger charge is 2.20. The Balaban J connectivity index is 1.43. The van der Waals surface area contributed by atoms with Crippen molar-refractivity contribution in [2.45, 2.75) is 32.6 Å². The summed E-state index contributed by atoms with van der Waals surface area (Å²) in [6, 6.07) is 13.4. The number of benzene rings is 2. The molecule has 2 aromatic carbocycles. The van der Waals surface area contributed by atoms with Crippen LogP contribution < -0.4 is 15.4 Å². The summed E-state index contributed by atoms with van der Waals surface area (Å²) in [6.45, 7) is 2.38. The molecule has 0 atom stereocenters. The lowest BCUT2D eigenvalue weighted by molar-refractivity contribution is -0.151. The van der Waals surface area contributed by atoms with E-state index in [-0.39, 0.29) is 18.4 Å². The Bertz CT molecular complexity index is 1000. The van der Waals surface area contributed by atoms with Crippen LogP contribution in [-0.2, 0) is 19.1 Å². The molecule has 180 valence electrons. The van der Waals surface area contributed by atoms with Crippen molar-refractivity contribution in [3.05, 3.63) is 54.1 Å². The van der Waals surface area contributed by atoms with Gasteiger partial charge in [0, 0.05) is 29.9 Å². The highest BCUT2D eigenvalue weighted by atomic mass is 16.5. The molecule has 2 aromatic rings. The van der Waals surface area contributed by atoms with E-state index in [0.29, 0.717) is 36.5 Å². The van der Waals surface area contributed by atoms with E-state index in [1.165, 1.54) is 4.90 Å². The summed E-state index contributed by atoms with van der Waals surface area (Å²) in [7, 11) is 0. The molecule has 34 heavy (non-hydrogen) atoms. The van der Waals surface area contributed by atoms with Gasteiger partial charge < -0.3 is 25.0 Å². The maximum absolute atomic E-state index is 12.4. The van der Waals surface area contributed by atoms with Crippen molar-refractivity contribution >= 4 is 35.1 Å². The average molecular weight is 468 g/mol. The minimum atomic E-state index is -0.619. The second-order valence-electron chi connectivity index (χ2n) is 7.82. The van der Waals surface area contributed by atoms with Crippen LogP contribution in [0.2, 0.25) is 0 Å². The largest absolute Gasteiger partial charge is 0.494 e. The predicted molar refractivity (Wildman–Crippen MR) is 127 cm³/mol. The van der Waals surface area contributed by atoms with Crippen LogP contribution in [0.5, 0.6) is 5.75 Å². The number of carbonyl (C=O) groups excluding carboxylic acids is 4. The molecule has 3 amide bonds. The lowest BCUT2D eigenvalue weighted by Gasteiger charge is -2.19. The normalized spacial score (nSPS) is 13.6. The zero-order valence-electron chi connectivity index (χ0n) is 19.2. The van der Waals surface area contributed by atoms with Crippen LogP contribution in [-0.4, -0.2) is 54.9 Å². The molecular formula is C25H29N3O6. The molecule has 0 radical (unpaired) electrons. The van der Waals surface area contributed by atoms with Crippen molar-refractivity contribution in [3.63, 3.8) is 0 Å². The van der Waals surface area contributed by atoms with E-state index in [1.807, 2.05) is 6.92 Å². The van der Waals surface area contributed by atoms with Gasteiger partial charge in [0.2, 0.25) is 5.91 Å². The van der Waals surface area contributed by atoms with Gasteiger partial charge in [0.15, 0.2) is 6.61 Å². The number of anilines is 2. The quantitative estimate of drug-likeness (QED) is 0.548. The Hall–Kier alpha value is -3.88. The first-order chi connectivity index (χ1) is 16.4. The van der Waals surface area contributed by atoms with E-state index in [4.69, 9.17) is 9.47 Å². The molecule has 0 aromatic heterocycles. The minimum absolute atomic E-state index is 0.0643. The third-order valence-electron chi connectivity index (χ3n) is 5.21. The third-order valence-corrected chi connectivity index (χ3v) is 5.21. The van der Waals surface area contributed by atoms with Gasteiger partial charge in [-0.1, -0.05) is 6.42 Å². The van der Waals surface area contributed by atoms with Crippen molar-refractivity contribution in [2.75, 3.05) is 36.9 Å². The van der Waals surface area contributed by atoms with Crippen LogP contribution >= 0.6 is 0 Å². The number of carbonyl (C=O) groups is 4. The average Bonchev–Trinajstić information content (AvgIpc) is 3.03. The molecule has 0 bridgehead atoms. The summed E-state index contributed by atoms with van der Waals surface area (Å²) in [5.41, 5.74) is 1.51. The fourth-order valence-corrected chi connectivity index (χ4v) is 3.46. The van der Waals surface area contributed by atoms with Crippen LogP contribution in [0.25, 0.3) is 0 Å². The molecule has 0 saturated carbocycles. The third kappa shape index (κ3) is 7.61. The number of hydrogen-bond acceptors (Lipinski definition) is 6. The van der Waals surface area contributed by atoms with Crippen molar-refractivity contribution in [3.8, 4) is 5.75 Å². The van der Waals surface area contributed by atoms with Crippen LogP contribution in [0.3, 0.4) is 0 Å². The molecule has 0 spiro atoms. The second kappa shape index (κ2) is 12.4. The van der Waals surface area contributed by atoms with Crippen LogP contribution in [0.15, 0.2) is 48.5 Å². The number of ether oxygens (including phenoxy) is 2. The Kier molecular flexibility index (Phi) is 9.02. The number of likely N-dealkylation sites (tertiary alicyclic amines) is 1. The Morgan fingerprint density at radius 2 is 1.59 bits per heavy atom. The minimum Gasteiger partial charge on any atom is -0.494 e. The molecule has 9 nitrogen and oxygen atoms in total. The number of hydrogen-bond donors (Lipinski definition) is 2. The van der Waals surface area contributed by atoms with Crippen molar-refractivity contribution < 1.29 is 28.7 Å². The molecule has 1 aliphatic rings. The van der Waals surface area contributed by atoms with E-state index in [2.05, 4.69) is 10.6 Å². The molecule has 1 heterocycles. The van der Waals surface area contributed by atoms with Gasteiger partial charge in [0.25, 0.3) is 11.8 Å². The summed E-state index contributed by atoms with van der Waals surface area (Å²) in [4.78, 5) is 50.0. The molecular weight excluding hydrogens is 438 g/mol. The van der Waals surface area contributed by atoms with Crippen LogP contribution in [0.4, 0.5) is 11.4 Å². The molecule has 1 saturated heterocycles. The zero-order chi connectivity index (χ0) is 24.3. The first-order valence-corrected chi connectivity index (χ1v) is 11.3. The number of nitrogens with zero attached hydrogens (tertiary/aromatic N) is 1. The Morgan fingerprint density at radius 1 is 0.912 bits per heavy atom. The highest BCUT2D eigenvalue weighted by molar-refractivity contribution is 6.04. The maximum atomic E-state index is 12.4. The monoisotopic (exact) mass is 467 g/mol. The summed E-state index contributed by atoms with van der Waals surface area (Å²) in [5.74, 6) is -0.764. The van der Waals surface area contributed by atoms with Crippen LogP contribution in [0.1, 0.15) is 43.0 Å². The van der Waals surface area contributed by atoms with Gasteiger partial charge in [0.1, 0.15) is 12.3 Å². The summed E-state index contributed by atoms with van der Waals surface area (Å²) < 4.78 is 10.4. The SMILES string of the molecule is CCOc1ccc(NC(=O)c2ccc(NC(=O)COC(=O)CN3CCCCCC3=O)cc2)cc1. The summed E-state index contributed by atoms with van der Waals surface area (Å²) in [6.07, 6.45) is 3.08. The molecule has 9 heteroatoms. The highest BCUT2D eigenvalue weighted by Crippen LogP contribution is 2.17. The molecule has 3 rings (SSSR count). The van der Waals surface area contributed by atoms with Gasteiger partial charge in [0.05, 0.1) is 6.61 Å². The van der Waals surface area contributed by atoms with Gasteiger partial charge in [-0.05, 0) is 68.3 Å². The van der Waals surface area contributed by atoms with Gasteiger partial charge in [-0.3, -0.25) is 19.2 Å². The predicted octanol–water partition coefficient (Wildman–Crippen LogP) is 3.22. The topological polar surface area (TPSA) is 114 Å². The number of rotatable bonds is 9. The van der Waals surface area contributed by atoms with Crippen LogP contribution in [0, 0.1) is 0 Å². The van der Waals surface area contributed by atoms with Gasteiger partial charge in [-0.2, -0.15) is 0 Å². The van der Waals surface area contributed by atoms with E-state index in [0.717, 1.165) is 25.0 Å². The van der Waals surface area contributed by atoms with Crippen molar-refractivity contribution in [1.82, 2.24) is 4.90 Å². The molecule has 1 aliphatic heterocycles. The van der Waals surface area contributed by atoms with Gasteiger partial charge in [-0.25, -0.2) is 0 Å². The lowest BCUT2D eigenvalue weighted by atomic mass is 10.2. The second-order valence-corrected chi connectivity index (χ2v) is 7.82. The molecule has 0 aliphatic carbocycles. The van der Waals surface area contributed by atoms with Gasteiger partial charge >= 0.3 is 5.97 Å². The first kappa shape index (κ1) is 24.8. The van der Waals surface area contributed by atoms with E-state index in [1.54, 1.807) is 48.5 Å². The van der Waals surface area contributed by atoms with Gasteiger partial charge in [-0.15, -0.1) is 0 Å². The zero-order valence-corrected chi connectivity index (χ0v) is 19.2. The molecule has 0 unspecified atom stereocenters. The smallest absolute Gasteiger partial charge is 0.326 e. The Morgan fingerprint density at radius 3 is 2.29 bits per heavy atom. The molecule has 1 fully saturated rings. The standard InChI is InChI=1S/C25H29N3O6/c1-2-33-21-13-11-20(12-14-21)27-25(32)18-7-9-19(10-8-18)26-22(29)17-34-24(31)16-28-15-5-3-4-6-23(28)30/h7-14H,2-6,15-17H2,1H3,(H,26,29)(H,27,32). The number of nitrogens with one attached hydrogen (secondary N) is 2. The van der Waals surface area contributed by atoms with E-state index in [9.17, 15) is 19.2 Å². The van der Waals surface area contributed by atoms with Crippen molar-refractivity contribution in [1.29, 1.82) is 0 Å². The maximum Gasteiger partial charge on any atom is 0.326 e. The fraction of sp³-hybridized carbons (Fsp3) is 0.360. The van der Waals surface area contributed by atoms with E-state index < -0.39 is 18.5 Å². The first-order valence-electron chi connectivity index (χ1n) is 11.3. The number of amides is 3.